The molecule has 1 unspecified atom stereocenters. The van der Waals surface area contributed by atoms with E-state index in [0.29, 0.717) is 5.56 Å². The van der Waals surface area contributed by atoms with E-state index in [1.54, 1.807) is 6.07 Å². The monoisotopic (exact) mass is 278 g/mol. The molecule has 0 saturated carbocycles. The maximum absolute atomic E-state index is 12.1. The summed E-state index contributed by atoms with van der Waals surface area (Å²) in [5, 5.41) is 23.6. The lowest BCUT2D eigenvalue weighted by Crippen LogP contribution is -2.32. The van der Waals surface area contributed by atoms with Crippen LogP contribution in [0.3, 0.4) is 0 Å². The summed E-state index contributed by atoms with van der Waals surface area (Å²) in [6.45, 7) is 1.73. The molecule has 1 heterocycles. The molecule has 1 amide bonds. The number of aliphatic carboxylic acids is 1. The number of carbonyl (C=O) groups excluding carboxylic acids is 1. The molecule has 1 aliphatic heterocycles. The highest BCUT2D eigenvalue weighted by atomic mass is 16.4. The molecule has 0 aliphatic carbocycles. The van der Waals surface area contributed by atoms with E-state index in [2.05, 4.69) is 10.6 Å². The molecule has 108 valence electrons. The second-order valence-corrected chi connectivity index (χ2v) is 4.77. The van der Waals surface area contributed by atoms with Crippen LogP contribution < -0.4 is 10.6 Å². The van der Waals surface area contributed by atoms with Crippen molar-refractivity contribution in [3.63, 3.8) is 0 Å². The summed E-state index contributed by atoms with van der Waals surface area (Å²) in [7, 11) is 0. The number of carboxylic acid groups (broad SMARTS) is 1. The van der Waals surface area contributed by atoms with Gasteiger partial charge < -0.3 is 20.8 Å². The number of carboxylic acids is 1. The maximum atomic E-state index is 12.1. The second kappa shape index (κ2) is 6.49. The van der Waals surface area contributed by atoms with E-state index in [9.17, 15) is 9.59 Å². The standard InChI is InChI=1S/C14H18N2O4/c17-12(14(19)20)5-7-16-13(18)11-3-1-2-9-8-15-6-4-10(9)11/h1-3,12,15,17H,4-8H2,(H,16,18)(H,19,20). The van der Waals surface area contributed by atoms with Gasteiger partial charge in [0.05, 0.1) is 0 Å². The molecule has 2 rings (SSSR count). The van der Waals surface area contributed by atoms with E-state index in [-0.39, 0.29) is 18.9 Å². The van der Waals surface area contributed by atoms with Gasteiger partial charge in [-0.1, -0.05) is 12.1 Å². The van der Waals surface area contributed by atoms with Crippen LogP contribution in [0.2, 0.25) is 0 Å². The summed E-state index contributed by atoms with van der Waals surface area (Å²) in [6.07, 6.45) is -0.641. The van der Waals surface area contributed by atoms with Crippen LogP contribution in [0.5, 0.6) is 0 Å². The number of benzene rings is 1. The van der Waals surface area contributed by atoms with Crippen molar-refractivity contribution < 1.29 is 19.8 Å². The molecular formula is C14H18N2O4. The number of rotatable bonds is 5. The van der Waals surface area contributed by atoms with Gasteiger partial charge in [0, 0.05) is 25.1 Å². The zero-order valence-corrected chi connectivity index (χ0v) is 11.1. The molecule has 1 atom stereocenters. The number of hydrogen-bond donors (Lipinski definition) is 4. The van der Waals surface area contributed by atoms with Crippen LogP contribution in [0.4, 0.5) is 0 Å². The predicted octanol–water partition coefficient (Wildman–Crippen LogP) is -0.102. The number of aliphatic hydroxyl groups is 1. The minimum absolute atomic E-state index is 0.00233. The van der Waals surface area contributed by atoms with Gasteiger partial charge in [0.15, 0.2) is 6.10 Å². The van der Waals surface area contributed by atoms with E-state index in [1.807, 2.05) is 12.1 Å². The first-order valence-electron chi connectivity index (χ1n) is 6.60. The number of carbonyl (C=O) groups is 2. The molecule has 0 aromatic heterocycles. The van der Waals surface area contributed by atoms with Crippen LogP contribution in [0, 0.1) is 0 Å². The Bertz CT molecular complexity index is 516. The van der Waals surface area contributed by atoms with Gasteiger partial charge in [-0.3, -0.25) is 4.79 Å². The Balaban J connectivity index is 1.98. The molecule has 0 saturated heterocycles. The van der Waals surface area contributed by atoms with Gasteiger partial charge >= 0.3 is 5.97 Å². The fourth-order valence-electron chi connectivity index (χ4n) is 2.29. The third-order valence-electron chi connectivity index (χ3n) is 3.37. The van der Waals surface area contributed by atoms with E-state index in [4.69, 9.17) is 10.2 Å². The van der Waals surface area contributed by atoms with Crippen LogP contribution in [-0.4, -0.2) is 41.3 Å². The molecule has 0 bridgehead atoms. The normalized spacial score (nSPS) is 15.2. The molecular weight excluding hydrogens is 260 g/mol. The smallest absolute Gasteiger partial charge is 0.332 e. The largest absolute Gasteiger partial charge is 0.479 e. The molecule has 1 aromatic rings. The molecule has 0 spiro atoms. The van der Waals surface area contributed by atoms with Gasteiger partial charge in [0.2, 0.25) is 0 Å². The summed E-state index contributed by atoms with van der Waals surface area (Å²) in [5.41, 5.74) is 2.80. The van der Waals surface area contributed by atoms with Gasteiger partial charge in [0.25, 0.3) is 5.91 Å². The first-order chi connectivity index (χ1) is 9.59. The molecule has 6 nitrogen and oxygen atoms in total. The number of nitrogens with one attached hydrogen (secondary N) is 2. The lowest BCUT2D eigenvalue weighted by molar-refractivity contribution is -0.146. The summed E-state index contributed by atoms with van der Waals surface area (Å²) < 4.78 is 0. The quantitative estimate of drug-likeness (QED) is 0.603. The van der Waals surface area contributed by atoms with Gasteiger partial charge in [-0.15, -0.1) is 0 Å². The molecule has 1 aromatic carbocycles. The minimum Gasteiger partial charge on any atom is -0.479 e. The minimum atomic E-state index is -1.44. The SMILES string of the molecule is O=C(NCCC(O)C(=O)O)c1cccc2c1CCNC2. The van der Waals surface area contributed by atoms with E-state index >= 15 is 0 Å². The zero-order valence-electron chi connectivity index (χ0n) is 11.1. The first-order valence-corrected chi connectivity index (χ1v) is 6.60. The lowest BCUT2D eigenvalue weighted by Gasteiger charge is -2.20. The molecule has 6 heteroatoms. The van der Waals surface area contributed by atoms with Crippen molar-refractivity contribution in [1.29, 1.82) is 0 Å². The Kier molecular flexibility index (Phi) is 4.70. The number of fused-ring (bicyclic) bond motifs is 1. The Hall–Kier alpha value is -1.92. The molecule has 1 aliphatic rings. The van der Waals surface area contributed by atoms with Crippen LogP contribution in [0.15, 0.2) is 18.2 Å². The average molecular weight is 278 g/mol. The summed E-state index contributed by atoms with van der Waals surface area (Å²) in [5.74, 6) is -1.50. The fourth-order valence-corrected chi connectivity index (χ4v) is 2.29. The highest BCUT2D eigenvalue weighted by Crippen LogP contribution is 2.18. The van der Waals surface area contributed by atoms with E-state index < -0.39 is 12.1 Å². The van der Waals surface area contributed by atoms with Gasteiger partial charge in [-0.05, 0) is 30.2 Å². The van der Waals surface area contributed by atoms with Crippen LogP contribution in [0.25, 0.3) is 0 Å². The molecule has 4 N–H and O–H groups in total. The third kappa shape index (κ3) is 3.34. The van der Waals surface area contributed by atoms with Gasteiger partial charge in [-0.25, -0.2) is 4.79 Å². The molecule has 0 fully saturated rings. The average Bonchev–Trinajstić information content (AvgIpc) is 2.46. The first kappa shape index (κ1) is 14.5. The Morgan fingerprint density at radius 1 is 1.40 bits per heavy atom. The Labute approximate surface area is 116 Å². The van der Waals surface area contributed by atoms with Gasteiger partial charge in [-0.2, -0.15) is 0 Å². The Morgan fingerprint density at radius 3 is 2.95 bits per heavy atom. The Morgan fingerprint density at radius 2 is 2.20 bits per heavy atom. The van der Waals surface area contributed by atoms with Crippen molar-refractivity contribution in [1.82, 2.24) is 10.6 Å². The number of aliphatic hydroxyl groups excluding tert-OH is 1. The van der Waals surface area contributed by atoms with E-state index in [0.717, 1.165) is 30.6 Å². The maximum Gasteiger partial charge on any atom is 0.332 e. The highest BCUT2D eigenvalue weighted by Gasteiger charge is 2.18. The van der Waals surface area contributed by atoms with Crippen molar-refractivity contribution in [2.75, 3.05) is 13.1 Å². The third-order valence-corrected chi connectivity index (χ3v) is 3.37. The predicted molar refractivity (Wildman–Crippen MR) is 72.4 cm³/mol. The molecule has 0 radical (unpaired) electrons. The van der Waals surface area contributed by atoms with Crippen LogP contribution >= 0.6 is 0 Å². The summed E-state index contributed by atoms with van der Waals surface area (Å²) in [4.78, 5) is 22.6. The number of amides is 1. The fraction of sp³-hybridized carbons (Fsp3) is 0.429. The van der Waals surface area contributed by atoms with Crippen molar-refractivity contribution in [2.24, 2.45) is 0 Å². The van der Waals surface area contributed by atoms with Gasteiger partial charge in [0.1, 0.15) is 0 Å². The summed E-state index contributed by atoms with van der Waals surface area (Å²) in [6, 6.07) is 5.60. The van der Waals surface area contributed by atoms with E-state index in [1.165, 1.54) is 0 Å². The number of hydrogen-bond acceptors (Lipinski definition) is 4. The summed E-state index contributed by atoms with van der Waals surface area (Å²) >= 11 is 0. The lowest BCUT2D eigenvalue weighted by atomic mass is 9.95. The van der Waals surface area contributed by atoms with Crippen LogP contribution in [0.1, 0.15) is 27.9 Å². The van der Waals surface area contributed by atoms with Crippen LogP contribution in [-0.2, 0) is 17.8 Å². The van der Waals surface area contributed by atoms with Crippen molar-refractivity contribution >= 4 is 11.9 Å². The second-order valence-electron chi connectivity index (χ2n) is 4.77. The topological polar surface area (TPSA) is 98.7 Å². The van der Waals surface area contributed by atoms with Crippen molar-refractivity contribution in [2.45, 2.75) is 25.5 Å². The molecule has 20 heavy (non-hydrogen) atoms. The highest BCUT2D eigenvalue weighted by molar-refractivity contribution is 5.96. The zero-order chi connectivity index (χ0) is 14.5. The van der Waals surface area contributed by atoms with Crippen molar-refractivity contribution in [3.05, 3.63) is 34.9 Å². The van der Waals surface area contributed by atoms with Crippen molar-refractivity contribution in [3.8, 4) is 0 Å².